The summed E-state index contributed by atoms with van der Waals surface area (Å²) in [6, 6.07) is 6.01. The van der Waals surface area contributed by atoms with Crippen LogP contribution in [0.25, 0.3) is 0 Å². The smallest absolute Gasteiger partial charge is 0.254 e. The first-order valence-corrected chi connectivity index (χ1v) is 6.11. The highest BCUT2D eigenvalue weighted by molar-refractivity contribution is 5.97. The third-order valence-corrected chi connectivity index (χ3v) is 3.45. The first-order valence-electron chi connectivity index (χ1n) is 6.11. The lowest BCUT2D eigenvalue weighted by atomic mass is 9.99. The molecule has 0 spiro atoms. The summed E-state index contributed by atoms with van der Waals surface area (Å²) in [5.41, 5.74) is 4.27. The van der Waals surface area contributed by atoms with Crippen molar-refractivity contribution < 1.29 is 4.79 Å². The maximum Gasteiger partial charge on any atom is 0.254 e. The van der Waals surface area contributed by atoms with Gasteiger partial charge in [-0.1, -0.05) is 30.4 Å². The molecule has 1 aromatic carbocycles. The molecule has 0 N–H and O–H groups in total. The van der Waals surface area contributed by atoms with Crippen molar-refractivity contribution in [1.82, 2.24) is 4.90 Å². The van der Waals surface area contributed by atoms with E-state index in [0.29, 0.717) is 0 Å². The number of carbonyl (C=O) groups is 1. The number of aryl methyl sites for hydroxylation is 2. The average molecular weight is 229 g/mol. The van der Waals surface area contributed by atoms with Gasteiger partial charge in [0.25, 0.3) is 5.91 Å². The standard InChI is InChI=1S/C15H19NO/c1-11-7-9-16(10-8-11)15(17)14-12(2)5-4-6-13(14)3/h4-6H,1,7-10H2,2-3H3. The summed E-state index contributed by atoms with van der Waals surface area (Å²) in [5, 5.41) is 0. The van der Waals surface area contributed by atoms with Crippen LogP contribution in [0.5, 0.6) is 0 Å². The Bertz CT molecular complexity index is 432. The van der Waals surface area contributed by atoms with Gasteiger partial charge in [0.15, 0.2) is 0 Å². The summed E-state index contributed by atoms with van der Waals surface area (Å²) in [6.07, 6.45) is 1.88. The number of hydrogen-bond acceptors (Lipinski definition) is 1. The van der Waals surface area contributed by atoms with Crippen molar-refractivity contribution in [1.29, 1.82) is 0 Å². The molecule has 0 aliphatic carbocycles. The van der Waals surface area contributed by atoms with E-state index in [4.69, 9.17) is 0 Å². The third kappa shape index (κ3) is 2.41. The fourth-order valence-electron chi connectivity index (χ4n) is 2.34. The number of hydrogen-bond donors (Lipinski definition) is 0. The Kier molecular flexibility index (Phi) is 3.32. The van der Waals surface area contributed by atoms with Gasteiger partial charge in [-0.15, -0.1) is 0 Å². The second kappa shape index (κ2) is 4.74. The minimum absolute atomic E-state index is 0.174. The number of nitrogens with zero attached hydrogens (tertiary/aromatic N) is 1. The molecule has 1 fully saturated rings. The molecule has 1 aliphatic rings. The van der Waals surface area contributed by atoms with Crippen LogP contribution in [0.15, 0.2) is 30.4 Å². The van der Waals surface area contributed by atoms with Crippen molar-refractivity contribution in [3.05, 3.63) is 47.0 Å². The van der Waals surface area contributed by atoms with E-state index in [1.165, 1.54) is 5.57 Å². The zero-order valence-electron chi connectivity index (χ0n) is 10.6. The Labute approximate surface area is 103 Å². The monoisotopic (exact) mass is 229 g/mol. The third-order valence-electron chi connectivity index (χ3n) is 3.45. The maximum atomic E-state index is 12.4. The van der Waals surface area contributed by atoms with Crippen molar-refractivity contribution in [3.63, 3.8) is 0 Å². The molecular weight excluding hydrogens is 210 g/mol. The highest BCUT2D eigenvalue weighted by Crippen LogP contribution is 2.20. The van der Waals surface area contributed by atoms with Gasteiger partial charge in [-0.2, -0.15) is 0 Å². The largest absolute Gasteiger partial charge is 0.338 e. The highest BCUT2D eigenvalue weighted by atomic mass is 16.2. The predicted octanol–water partition coefficient (Wildman–Crippen LogP) is 3.10. The molecule has 0 aromatic heterocycles. The van der Waals surface area contributed by atoms with E-state index in [0.717, 1.165) is 42.6 Å². The predicted molar refractivity (Wildman–Crippen MR) is 70.2 cm³/mol. The fourth-order valence-corrected chi connectivity index (χ4v) is 2.34. The Morgan fingerprint density at radius 2 is 1.71 bits per heavy atom. The maximum absolute atomic E-state index is 12.4. The van der Waals surface area contributed by atoms with Crippen molar-refractivity contribution in [3.8, 4) is 0 Å². The number of benzene rings is 1. The molecule has 0 atom stereocenters. The molecule has 17 heavy (non-hydrogen) atoms. The SMILES string of the molecule is C=C1CCN(C(=O)c2c(C)cccc2C)CC1. The van der Waals surface area contributed by atoms with Crippen LogP contribution in [0.3, 0.4) is 0 Å². The Morgan fingerprint density at radius 3 is 2.24 bits per heavy atom. The molecule has 0 unspecified atom stereocenters. The lowest BCUT2D eigenvalue weighted by Crippen LogP contribution is -2.36. The van der Waals surface area contributed by atoms with Crippen LogP contribution in [0.4, 0.5) is 0 Å². The molecular formula is C15H19NO. The molecule has 1 amide bonds. The summed E-state index contributed by atoms with van der Waals surface area (Å²) < 4.78 is 0. The molecule has 1 aliphatic heterocycles. The van der Waals surface area contributed by atoms with Gasteiger partial charge in [0.05, 0.1) is 0 Å². The first kappa shape index (κ1) is 11.9. The van der Waals surface area contributed by atoms with Gasteiger partial charge < -0.3 is 4.90 Å². The van der Waals surface area contributed by atoms with Crippen LogP contribution in [0.1, 0.15) is 34.3 Å². The summed E-state index contributed by atoms with van der Waals surface area (Å²) >= 11 is 0. The van der Waals surface area contributed by atoms with Crippen molar-refractivity contribution in [2.75, 3.05) is 13.1 Å². The van der Waals surface area contributed by atoms with Crippen LogP contribution < -0.4 is 0 Å². The Hall–Kier alpha value is -1.57. The van der Waals surface area contributed by atoms with E-state index in [-0.39, 0.29) is 5.91 Å². The minimum atomic E-state index is 0.174. The molecule has 1 saturated heterocycles. The topological polar surface area (TPSA) is 20.3 Å². The zero-order chi connectivity index (χ0) is 12.4. The van der Waals surface area contributed by atoms with Crippen LogP contribution in [-0.2, 0) is 0 Å². The summed E-state index contributed by atoms with van der Waals surface area (Å²) in [5.74, 6) is 0.174. The number of likely N-dealkylation sites (tertiary alicyclic amines) is 1. The quantitative estimate of drug-likeness (QED) is 0.678. The Morgan fingerprint density at radius 1 is 1.18 bits per heavy atom. The number of rotatable bonds is 1. The van der Waals surface area contributed by atoms with Gasteiger partial charge in [-0.25, -0.2) is 0 Å². The van der Waals surface area contributed by atoms with Gasteiger partial charge in [-0.3, -0.25) is 4.79 Å². The summed E-state index contributed by atoms with van der Waals surface area (Å²) in [4.78, 5) is 14.4. The van der Waals surface area contributed by atoms with Gasteiger partial charge in [-0.05, 0) is 37.8 Å². The van der Waals surface area contributed by atoms with E-state index >= 15 is 0 Å². The molecule has 2 rings (SSSR count). The second-order valence-electron chi connectivity index (χ2n) is 4.81. The lowest BCUT2D eigenvalue weighted by molar-refractivity contribution is 0.0742. The molecule has 1 aromatic rings. The minimum Gasteiger partial charge on any atom is -0.338 e. The van der Waals surface area contributed by atoms with Gasteiger partial charge in [0.2, 0.25) is 0 Å². The summed E-state index contributed by atoms with van der Waals surface area (Å²) in [6.45, 7) is 9.61. The van der Waals surface area contributed by atoms with Crippen LogP contribution in [0, 0.1) is 13.8 Å². The van der Waals surface area contributed by atoms with Crippen LogP contribution >= 0.6 is 0 Å². The van der Waals surface area contributed by atoms with Crippen LogP contribution in [0.2, 0.25) is 0 Å². The Balaban J connectivity index is 2.22. The van der Waals surface area contributed by atoms with Crippen molar-refractivity contribution >= 4 is 5.91 Å². The van der Waals surface area contributed by atoms with Crippen molar-refractivity contribution in [2.24, 2.45) is 0 Å². The number of amides is 1. The lowest BCUT2D eigenvalue weighted by Gasteiger charge is -2.29. The molecule has 1 heterocycles. The van der Waals surface area contributed by atoms with E-state index in [1.807, 2.05) is 36.9 Å². The second-order valence-corrected chi connectivity index (χ2v) is 4.81. The van der Waals surface area contributed by atoms with E-state index in [9.17, 15) is 4.79 Å². The molecule has 2 heteroatoms. The molecule has 90 valence electrons. The average Bonchev–Trinajstić information content (AvgIpc) is 2.29. The van der Waals surface area contributed by atoms with Gasteiger partial charge in [0, 0.05) is 18.7 Å². The molecule has 2 nitrogen and oxygen atoms in total. The van der Waals surface area contributed by atoms with Crippen LogP contribution in [-0.4, -0.2) is 23.9 Å². The van der Waals surface area contributed by atoms with Gasteiger partial charge in [0.1, 0.15) is 0 Å². The zero-order valence-corrected chi connectivity index (χ0v) is 10.6. The van der Waals surface area contributed by atoms with E-state index < -0.39 is 0 Å². The van der Waals surface area contributed by atoms with E-state index in [2.05, 4.69) is 6.58 Å². The first-order chi connectivity index (χ1) is 8.09. The highest BCUT2D eigenvalue weighted by Gasteiger charge is 2.21. The summed E-state index contributed by atoms with van der Waals surface area (Å²) in [7, 11) is 0. The van der Waals surface area contributed by atoms with Crippen molar-refractivity contribution in [2.45, 2.75) is 26.7 Å². The fraction of sp³-hybridized carbons (Fsp3) is 0.400. The number of carbonyl (C=O) groups excluding carboxylic acids is 1. The number of piperidine rings is 1. The van der Waals surface area contributed by atoms with E-state index in [1.54, 1.807) is 0 Å². The normalized spacial score (nSPS) is 16.1. The molecule has 0 bridgehead atoms. The molecule has 0 radical (unpaired) electrons. The van der Waals surface area contributed by atoms with Gasteiger partial charge >= 0.3 is 0 Å². The molecule has 0 saturated carbocycles.